The van der Waals surface area contributed by atoms with Gasteiger partial charge in [-0.25, -0.2) is 9.97 Å². The van der Waals surface area contributed by atoms with Gasteiger partial charge < -0.3 is 4.74 Å². The Morgan fingerprint density at radius 1 is 1.53 bits per heavy atom. The minimum atomic E-state index is -0.304. The number of aldehydes is 1. The number of halogens is 1. The van der Waals surface area contributed by atoms with Crippen molar-refractivity contribution in [3.8, 4) is 0 Å². The molecular weight excluding hydrogens is 264 g/mol. The molecule has 1 heterocycles. The normalized spacial score (nSPS) is 10.1. The van der Waals surface area contributed by atoms with E-state index in [1.54, 1.807) is 6.92 Å². The van der Waals surface area contributed by atoms with Crippen LogP contribution in [0.5, 0.6) is 0 Å². The maximum absolute atomic E-state index is 10.9. The summed E-state index contributed by atoms with van der Waals surface area (Å²) in [5.41, 5.74) is 0.257. The van der Waals surface area contributed by atoms with Crippen molar-refractivity contribution in [3.05, 3.63) is 16.5 Å². The van der Waals surface area contributed by atoms with E-state index >= 15 is 0 Å². The Labute approximate surface area is 108 Å². The van der Waals surface area contributed by atoms with E-state index < -0.39 is 0 Å². The molecule has 0 aliphatic rings. The van der Waals surface area contributed by atoms with Crippen molar-refractivity contribution in [3.63, 3.8) is 0 Å². The van der Waals surface area contributed by atoms with Crippen molar-refractivity contribution in [1.29, 1.82) is 0 Å². The van der Waals surface area contributed by atoms with E-state index in [9.17, 15) is 9.59 Å². The summed E-state index contributed by atoms with van der Waals surface area (Å²) in [4.78, 5) is 29.8. The monoisotopic (exact) mass is 274 g/mol. The van der Waals surface area contributed by atoms with Gasteiger partial charge in [-0.1, -0.05) is 11.6 Å². The molecule has 1 rings (SSSR count). The van der Waals surface area contributed by atoms with Crippen molar-refractivity contribution < 1.29 is 14.3 Å². The van der Waals surface area contributed by atoms with E-state index in [4.69, 9.17) is 11.6 Å². The van der Waals surface area contributed by atoms with Gasteiger partial charge in [0, 0.05) is 5.75 Å². The van der Waals surface area contributed by atoms with Gasteiger partial charge in [-0.2, -0.15) is 0 Å². The van der Waals surface area contributed by atoms with Crippen molar-refractivity contribution in [1.82, 2.24) is 9.97 Å². The molecule has 0 aromatic carbocycles. The Bertz CT molecular complexity index is 440. The third kappa shape index (κ3) is 3.98. The summed E-state index contributed by atoms with van der Waals surface area (Å²) in [5, 5.41) is 0.620. The van der Waals surface area contributed by atoms with Gasteiger partial charge in [0.25, 0.3) is 0 Å². The Balaban J connectivity index is 2.76. The summed E-state index contributed by atoms with van der Waals surface area (Å²) >= 11 is 7.09. The largest absolute Gasteiger partial charge is 0.469 e. The number of nitrogens with zero attached hydrogens (tertiary/aromatic N) is 2. The molecule has 1 aromatic heterocycles. The maximum Gasteiger partial charge on any atom is 0.306 e. The minimum Gasteiger partial charge on any atom is -0.469 e. The van der Waals surface area contributed by atoms with E-state index in [0.717, 1.165) is 0 Å². The van der Waals surface area contributed by atoms with Crippen LogP contribution < -0.4 is 0 Å². The molecule has 0 radical (unpaired) electrons. The Hall–Kier alpha value is -1.14. The SMILES string of the molecule is COC(=O)CCSc1nc(C)nc(Cl)c1C=O. The van der Waals surface area contributed by atoms with Crippen molar-refractivity contribution in [2.75, 3.05) is 12.9 Å². The lowest BCUT2D eigenvalue weighted by Crippen LogP contribution is -2.03. The predicted molar refractivity (Wildman–Crippen MR) is 64.5 cm³/mol. The lowest BCUT2D eigenvalue weighted by Gasteiger charge is -2.05. The number of ether oxygens (including phenoxy) is 1. The number of methoxy groups -OCH3 is 1. The molecule has 0 fully saturated rings. The first-order valence-corrected chi connectivity index (χ1v) is 6.13. The molecule has 0 amide bonds. The lowest BCUT2D eigenvalue weighted by atomic mass is 10.4. The summed E-state index contributed by atoms with van der Waals surface area (Å²) in [6, 6.07) is 0. The van der Waals surface area contributed by atoms with E-state index in [1.165, 1.54) is 18.9 Å². The molecule has 0 saturated heterocycles. The van der Waals surface area contributed by atoms with E-state index in [1.807, 2.05) is 0 Å². The van der Waals surface area contributed by atoms with Crippen molar-refractivity contribution >= 4 is 35.6 Å². The molecule has 92 valence electrons. The smallest absolute Gasteiger partial charge is 0.306 e. The molecule has 17 heavy (non-hydrogen) atoms. The van der Waals surface area contributed by atoms with Crippen molar-refractivity contribution in [2.45, 2.75) is 18.4 Å². The molecule has 0 unspecified atom stereocenters. The zero-order valence-electron chi connectivity index (χ0n) is 9.40. The van der Waals surface area contributed by atoms with Gasteiger partial charge in [-0.15, -0.1) is 11.8 Å². The quantitative estimate of drug-likeness (QED) is 0.354. The van der Waals surface area contributed by atoms with E-state index in [-0.39, 0.29) is 23.1 Å². The number of hydrogen-bond donors (Lipinski definition) is 0. The Kier molecular flexibility index (Phi) is 5.37. The fourth-order valence-electron chi connectivity index (χ4n) is 1.06. The first-order chi connectivity index (χ1) is 8.08. The van der Waals surface area contributed by atoms with E-state index in [0.29, 0.717) is 22.9 Å². The number of esters is 1. The van der Waals surface area contributed by atoms with Crippen LogP contribution in [-0.4, -0.2) is 35.1 Å². The number of carbonyl (C=O) groups excluding carboxylic acids is 2. The second-order valence-electron chi connectivity index (χ2n) is 3.07. The molecule has 0 spiro atoms. The van der Waals surface area contributed by atoms with Gasteiger partial charge in [0.1, 0.15) is 16.0 Å². The molecule has 0 aliphatic heterocycles. The van der Waals surface area contributed by atoms with Crippen LogP contribution in [0.3, 0.4) is 0 Å². The zero-order valence-corrected chi connectivity index (χ0v) is 11.0. The highest BCUT2D eigenvalue weighted by atomic mass is 35.5. The summed E-state index contributed by atoms with van der Waals surface area (Å²) in [5.74, 6) is 0.656. The van der Waals surface area contributed by atoms with Crippen LogP contribution >= 0.6 is 23.4 Å². The number of rotatable bonds is 5. The van der Waals surface area contributed by atoms with Crippen LogP contribution in [-0.2, 0) is 9.53 Å². The van der Waals surface area contributed by atoms with Crippen molar-refractivity contribution in [2.24, 2.45) is 0 Å². The highest BCUT2D eigenvalue weighted by molar-refractivity contribution is 7.99. The standard InChI is InChI=1S/C10H11ClN2O3S/c1-6-12-9(11)7(5-14)10(13-6)17-4-3-8(15)16-2/h5H,3-4H2,1-2H3. The first kappa shape index (κ1) is 13.9. The van der Waals surface area contributed by atoms with E-state index in [2.05, 4.69) is 14.7 Å². The maximum atomic E-state index is 10.9. The lowest BCUT2D eigenvalue weighted by molar-refractivity contribution is -0.140. The summed E-state index contributed by atoms with van der Waals surface area (Å²) in [6.45, 7) is 1.69. The van der Waals surface area contributed by atoms with Crippen LogP contribution in [0, 0.1) is 6.92 Å². The number of hydrogen-bond acceptors (Lipinski definition) is 6. The number of aryl methyl sites for hydroxylation is 1. The average Bonchev–Trinajstić information content (AvgIpc) is 2.28. The second kappa shape index (κ2) is 6.56. The van der Waals surface area contributed by atoms with Crippen LogP contribution in [0.25, 0.3) is 0 Å². The topological polar surface area (TPSA) is 69.2 Å². The molecule has 0 aliphatic carbocycles. The van der Waals surface area contributed by atoms with Gasteiger partial charge >= 0.3 is 5.97 Å². The van der Waals surface area contributed by atoms with Gasteiger partial charge in [-0.3, -0.25) is 9.59 Å². The molecule has 0 bridgehead atoms. The molecule has 0 saturated carbocycles. The number of aromatic nitrogens is 2. The third-order valence-corrected chi connectivity index (χ3v) is 3.15. The van der Waals surface area contributed by atoms with Gasteiger partial charge in [0.2, 0.25) is 0 Å². The molecular formula is C10H11ClN2O3S. The van der Waals surface area contributed by atoms with Crippen LogP contribution in [0.4, 0.5) is 0 Å². The molecule has 1 aromatic rings. The highest BCUT2D eigenvalue weighted by Crippen LogP contribution is 2.24. The van der Waals surface area contributed by atoms with Crippen LogP contribution in [0.15, 0.2) is 5.03 Å². The summed E-state index contributed by atoms with van der Waals surface area (Å²) in [7, 11) is 1.33. The molecule has 0 N–H and O–H groups in total. The van der Waals surface area contributed by atoms with Crippen LogP contribution in [0.2, 0.25) is 5.15 Å². The second-order valence-corrected chi connectivity index (χ2v) is 4.51. The predicted octanol–water partition coefficient (Wildman–Crippen LogP) is 1.91. The van der Waals surface area contributed by atoms with Gasteiger partial charge in [0.15, 0.2) is 6.29 Å². The minimum absolute atomic E-state index is 0.132. The third-order valence-electron chi connectivity index (χ3n) is 1.87. The average molecular weight is 275 g/mol. The summed E-state index contributed by atoms with van der Waals surface area (Å²) < 4.78 is 4.51. The molecule has 5 nitrogen and oxygen atoms in total. The van der Waals surface area contributed by atoms with Crippen LogP contribution in [0.1, 0.15) is 22.6 Å². The Morgan fingerprint density at radius 3 is 2.82 bits per heavy atom. The highest BCUT2D eigenvalue weighted by Gasteiger charge is 2.12. The fraction of sp³-hybridized carbons (Fsp3) is 0.400. The number of thioether (sulfide) groups is 1. The zero-order chi connectivity index (χ0) is 12.8. The fourth-order valence-corrected chi connectivity index (χ4v) is 2.34. The van der Waals surface area contributed by atoms with Gasteiger partial charge in [-0.05, 0) is 6.92 Å². The summed E-state index contributed by atoms with van der Waals surface area (Å²) in [6.07, 6.45) is 0.863. The van der Waals surface area contributed by atoms with Gasteiger partial charge in [0.05, 0.1) is 19.1 Å². The molecule has 7 heteroatoms. The molecule has 0 atom stereocenters. The number of carbonyl (C=O) groups is 2. The first-order valence-electron chi connectivity index (χ1n) is 4.77. The Morgan fingerprint density at radius 2 is 2.24 bits per heavy atom.